The van der Waals surface area contributed by atoms with E-state index in [1.54, 1.807) is 0 Å². The Labute approximate surface area is 138 Å². The van der Waals surface area contributed by atoms with Crippen molar-refractivity contribution in [1.82, 2.24) is 5.32 Å². The third kappa shape index (κ3) is 3.18. The molecule has 1 heterocycles. The van der Waals surface area contributed by atoms with Crippen molar-refractivity contribution in [3.8, 4) is 0 Å². The Balaban J connectivity index is 1.72. The van der Waals surface area contributed by atoms with Gasteiger partial charge in [0.25, 0.3) is 5.91 Å². The first-order valence-corrected chi connectivity index (χ1v) is 8.67. The maximum atomic E-state index is 12.7. The average molecular weight is 314 g/mol. The molecule has 1 N–H and O–H groups in total. The van der Waals surface area contributed by atoms with Crippen LogP contribution >= 0.6 is 0 Å². The summed E-state index contributed by atoms with van der Waals surface area (Å²) >= 11 is 0. The maximum absolute atomic E-state index is 12.7. The van der Waals surface area contributed by atoms with Crippen LogP contribution in [0.15, 0.2) is 24.3 Å². The van der Waals surface area contributed by atoms with Gasteiger partial charge in [0.15, 0.2) is 0 Å². The second-order valence-corrected chi connectivity index (χ2v) is 7.20. The fraction of sp³-hybridized carbons (Fsp3) is 0.579. The Kier molecular flexibility index (Phi) is 4.53. The summed E-state index contributed by atoms with van der Waals surface area (Å²) in [5.41, 5.74) is 1.80. The van der Waals surface area contributed by atoms with Crippen molar-refractivity contribution in [2.75, 3.05) is 4.90 Å². The number of carbonyl (C=O) groups is 2. The molecule has 3 rings (SSSR count). The standard InChI is InChI=1S/C19H26N2O2/c1-12-7-9-15(10-8-12)21-18(22)11-17(19(21)23)20-16-6-4-5-13(2)14(16)3/h7-10,13-14,16-17,20H,4-6,11H2,1-3H3/t13-,14-,16-,17-/m0/s1. The number of anilines is 1. The molecule has 1 aliphatic heterocycles. The van der Waals surface area contributed by atoms with E-state index in [0.29, 0.717) is 23.6 Å². The van der Waals surface area contributed by atoms with E-state index in [-0.39, 0.29) is 24.3 Å². The molecule has 1 saturated carbocycles. The fourth-order valence-corrected chi connectivity index (χ4v) is 3.80. The number of benzene rings is 1. The van der Waals surface area contributed by atoms with Gasteiger partial charge in [0.2, 0.25) is 5.91 Å². The van der Waals surface area contributed by atoms with Crippen LogP contribution in [-0.4, -0.2) is 23.9 Å². The van der Waals surface area contributed by atoms with Crippen molar-refractivity contribution >= 4 is 17.5 Å². The van der Waals surface area contributed by atoms with Crippen LogP contribution in [0, 0.1) is 18.8 Å². The number of carbonyl (C=O) groups excluding carboxylic acids is 2. The van der Waals surface area contributed by atoms with Crippen molar-refractivity contribution in [2.45, 2.75) is 58.5 Å². The van der Waals surface area contributed by atoms with Crippen molar-refractivity contribution in [1.29, 1.82) is 0 Å². The molecular weight excluding hydrogens is 288 g/mol. The zero-order valence-corrected chi connectivity index (χ0v) is 14.2. The van der Waals surface area contributed by atoms with Gasteiger partial charge in [-0.25, -0.2) is 4.90 Å². The molecule has 2 fully saturated rings. The molecule has 0 aromatic heterocycles. The van der Waals surface area contributed by atoms with Crippen LogP contribution in [-0.2, 0) is 9.59 Å². The lowest BCUT2D eigenvalue weighted by molar-refractivity contribution is -0.121. The molecular formula is C19H26N2O2. The smallest absolute Gasteiger partial charge is 0.251 e. The summed E-state index contributed by atoms with van der Waals surface area (Å²) < 4.78 is 0. The highest BCUT2D eigenvalue weighted by molar-refractivity contribution is 6.22. The van der Waals surface area contributed by atoms with Crippen molar-refractivity contribution in [2.24, 2.45) is 11.8 Å². The number of amides is 2. The first kappa shape index (κ1) is 16.2. The predicted octanol–water partition coefficient (Wildman–Crippen LogP) is 3.04. The van der Waals surface area contributed by atoms with E-state index < -0.39 is 0 Å². The van der Waals surface area contributed by atoms with Gasteiger partial charge in [0, 0.05) is 6.04 Å². The number of nitrogens with zero attached hydrogens (tertiary/aromatic N) is 1. The second kappa shape index (κ2) is 6.44. The van der Waals surface area contributed by atoms with Crippen molar-refractivity contribution < 1.29 is 9.59 Å². The molecule has 1 saturated heterocycles. The predicted molar refractivity (Wildman–Crippen MR) is 91.2 cm³/mol. The monoisotopic (exact) mass is 314 g/mol. The second-order valence-electron chi connectivity index (χ2n) is 7.20. The van der Waals surface area contributed by atoms with E-state index in [9.17, 15) is 9.59 Å². The van der Waals surface area contributed by atoms with E-state index in [0.717, 1.165) is 12.0 Å². The molecule has 4 nitrogen and oxygen atoms in total. The van der Waals surface area contributed by atoms with Crippen LogP contribution in [0.2, 0.25) is 0 Å². The van der Waals surface area contributed by atoms with Gasteiger partial charge < -0.3 is 5.32 Å². The molecule has 4 heteroatoms. The summed E-state index contributed by atoms with van der Waals surface area (Å²) in [6, 6.07) is 7.51. The molecule has 2 amide bonds. The molecule has 0 spiro atoms. The van der Waals surface area contributed by atoms with Gasteiger partial charge >= 0.3 is 0 Å². The van der Waals surface area contributed by atoms with Gasteiger partial charge in [-0.1, -0.05) is 44.4 Å². The van der Waals surface area contributed by atoms with E-state index in [2.05, 4.69) is 19.2 Å². The van der Waals surface area contributed by atoms with Gasteiger partial charge in [-0.2, -0.15) is 0 Å². The largest absolute Gasteiger partial charge is 0.302 e. The number of hydrogen-bond donors (Lipinski definition) is 1. The zero-order valence-electron chi connectivity index (χ0n) is 14.2. The van der Waals surface area contributed by atoms with Crippen molar-refractivity contribution in [3.05, 3.63) is 29.8 Å². The van der Waals surface area contributed by atoms with E-state index >= 15 is 0 Å². The minimum absolute atomic E-state index is 0.104. The number of imide groups is 1. The van der Waals surface area contributed by atoms with Gasteiger partial charge in [-0.3, -0.25) is 9.59 Å². The molecule has 4 atom stereocenters. The van der Waals surface area contributed by atoms with Crippen LogP contribution < -0.4 is 10.2 Å². The van der Waals surface area contributed by atoms with Crippen LogP contribution in [0.25, 0.3) is 0 Å². The highest BCUT2D eigenvalue weighted by Crippen LogP contribution is 2.31. The highest BCUT2D eigenvalue weighted by atomic mass is 16.2. The molecule has 1 aliphatic carbocycles. The van der Waals surface area contributed by atoms with Crippen LogP contribution in [0.5, 0.6) is 0 Å². The Hall–Kier alpha value is -1.68. The summed E-state index contributed by atoms with van der Waals surface area (Å²) in [5, 5.41) is 3.48. The first-order valence-electron chi connectivity index (χ1n) is 8.67. The lowest BCUT2D eigenvalue weighted by atomic mass is 9.78. The van der Waals surface area contributed by atoms with Gasteiger partial charge in [-0.05, 0) is 37.3 Å². The Morgan fingerprint density at radius 2 is 1.78 bits per heavy atom. The van der Waals surface area contributed by atoms with Crippen molar-refractivity contribution in [3.63, 3.8) is 0 Å². The number of hydrogen-bond acceptors (Lipinski definition) is 3. The summed E-state index contributed by atoms with van der Waals surface area (Å²) in [6.45, 7) is 6.52. The topological polar surface area (TPSA) is 49.4 Å². The van der Waals surface area contributed by atoms with Crippen LogP contribution in [0.3, 0.4) is 0 Å². The molecule has 1 aromatic rings. The summed E-state index contributed by atoms with van der Waals surface area (Å²) in [5.74, 6) is 0.999. The zero-order chi connectivity index (χ0) is 16.6. The summed E-state index contributed by atoms with van der Waals surface area (Å²) in [6.07, 6.45) is 3.81. The molecule has 2 aliphatic rings. The normalized spacial score (nSPS) is 31.7. The van der Waals surface area contributed by atoms with E-state index in [4.69, 9.17) is 0 Å². The molecule has 0 unspecified atom stereocenters. The van der Waals surface area contributed by atoms with Gasteiger partial charge in [0.05, 0.1) is 18.2 Å². The minimum Gasteiger partial charge on any atom is -0.302 e. The number of rotatable bonds is 3. The SMILES string of the molecule is Cc1ccc(N2C(=O)C[C@H](N[C@H]3CCC[C@H](C)[C@@H]3C)C2=O)cc1. The third-order valence-electron chi connectivity index (χ3n) is 5.56. The Morgan fingerprint density at radius 3 is 2.48 bits per heavy atom. The van der Waals surface area contributed by atoms with Crippen LogP contribution in [0.1, 0.15) is 45.1 Å². The fourth-order valence-electron chi connectivity index (χ4n) is 3.80. The van der Waals surface area contributed by atoms with Gasteiger partial charge in [0.1, 0.15) is 0 Å². The Bertz CT molecular complexity index is 596. The third-order valence-corrected chi connectivity index (χ3v) is 5.56. The Morgan fingerprint density at radius 1 is 1.09 bits per heavy atom. The molecule has 0 bridgehead atoms. The minimum atomic E-state index is -0.374. The van der Waals surface area contributed by atoms with Crippen LogP contribution in [0.4, 0.5) is 5.69 Å². The van der Waals surface area contributed by atoms with Gasteiger partial charge in [-0.15, -0.1) is 0 Å². The van der Waals surface area contributed by atoms with E-state index in [1.165, 1.54) is 17.7 Å². The average Bonchev–Trinajstić information content (AvgIpc) is 2.79. The number of aryl methyl sites for hydroxylation is 1. The summed E-state index contributed by atoms with van der Waals surface area (Å²) in [7, 11) is 0. The van der Waals surface area contributed by atoms with E-state index in [1.807, 2.05) is 31.2 Å². The quantitative estimate of drug-likeness (QED) is 0.873. The molecule has 124 valence electrons. The summed E-state index contributed by atoms with van der Waals surface area (Å²) in [4.78, 5) is 26.4. The molecule has 23 heavy (non-hydrogen) atoms. The molecule has 0 radical (unpaired) electrons. The first-order chi connectivity index (χ1) is 11.0. The maximum Gasteiger partial charge on any atom is 0.251 e. The lowest BCUT2D eigenvalue weighted by Gasteiger charge is -2.36. The number of nitrogens with one attached hydrogen (secondary N) is 1. The lowest BCUT2D eigenvalue weighted by Crippen LogP contribution is -2.48. The molecule has 1 aromatic carbocycles. The highest BCUT2D eigenvalue weighted by Gasteiger charge is 2.41.